The minimum absolute atomic E-state index is 1.20. The molecule has 0 N–H and O–H groups in total. The van der Waals surface area contributed by atoms with Gasteiger partial charge in [0.25, 0.3) is 0 Å². The number of hydrogen-bond donors (Lipinski definition) is 0. The smallest absolute Gasteiger partial charge is 0.0548 e. The van der Waals surface area contributed by atoms with E-state index in [0.29, 0.717) is 0 Å². The van der Waals surface area contributed by atoms with Crippen LogP contribution in [0, 0.1) is 0 Å². The summed E-state index contributed by atoms with van der Waals surface area (Å²) in [6, 6.07) is 58.5. The van der Waals surface area contributed by atoms with E-state index in [9.17, 15) is 0 Å². The Morgan fingerprint density at radius 1 is 0.260 bits per heavy atom. The molecule has 0 saturated carbocycles. The molecule has 4 heteroatoms. The molecule has 0 atom stereocenters. The summed E-state index contributed by atoms with van der Waals surface area (Å²) in [5.41, 5.74) is 7.33. The third-order valence-corrected chi connectivity index (χ3v) is 13.0. The lowest BCUT2D eigenvalue weighted by Crippen LogP contribution is -2.00. The van der Waals surface area contributed by atoms with Crippen LogP contribution in [0.1, 0.15) is 0 Å². The second kappa shape index (κ2) is 9.82. The van der Waals surface area contributed by atoms with Crippen LogP contribution in [-0.2, 0) is 0 Å². The summed E-state index contributed by atoms with van der Waals surface area (Å²) in [6.45, 7) is 0. The number of rotatable bonds is 2. The van der Waals surface area contributed by atoms with E-state index in [1.54, 1.807) is 0 Å². The van der Waals surface area contributed by atoms with Crippen LogP contribution in [-0.4, -0.2) is 9.13 Å². The van der Waals surface area contributed by atoms with Gasteiger partial charge >= 0.3 is 0 Å². The molecule has 2 nitrogen and oxygen atoms in total. The molecule has 0 radical (unpaired) electrons. The number of para-hydroxylation sites is 2. The molecule has 0 saturated heterocycles. The van der Waals surface area contributed by atoms with E-state index in [0.717, 1.165) is 0 Å². The van der Waals surface area contributed by atoms with Crippen LogP contribution in [0.25, 0.3) is 106 Å². The number of hydrogen-bond acceptors (Lipinski definition) is 2. The Hall–Kier alpha value is -5.94. The summed E-state index contributed by atoms with van der Waals surface area (Å²) in [4.78, 5) is 0. The van der Waals surface area contributed by atoms with Gasteiger partial charge in [-0.15, -0.1) is 22.7 Å². The van der Waals surface area contributed by atoms with E-state index in [2.05, 4.69) is 167 Å². The van der Waals surface area contributed by atoms with Crippen molar-refractivity contribution in [3.05, 3.63) is 158 Å². The number of nitrogens with zero attached hydrogens (tertiary/aromatic N) is 2. The van der Waals surface area contributed by atoms with Crippen molar-refractivity contribution < 1.29 is 0 Å². The molecule has 232 valence electrons. The van der Waals surface area contributed by atoms with Gasteiger partial charge in [-0.05, 0) is 60.7 Å². The van der Waals surface area contributed by atoms with Crippen LogP contribution < -0.4 is 0 Å². The maximum absolute atomic E-state index is 2.50. The van der Waals surface area contributed by atoms with E-state index < -0.39 is 0 Å². The van der Waals surface area contributed by atoms with Gasteiger partial charge in [-0.3, -0.25) is 0 Å². The standard InChI is InChI=1S/C46H26N2S2/c1-2-12-28-27(11-1)35(47-33-17-7-3-13-29(33)43-37(47)23-25-41-45(43)31-15-5-9-19-39(31)49-41)21-22-36(28)48-34-18-8-4-14-30(34)44-38(48)24-26-42-46(44)32-16-6-10-20-40(32)50-42/h1-26H. The van der Waals surface area contributed by atoms with Crippen LogP contribution in [0.3, 0.4) is 0 Å². The van der Waals surface area contributed by atoms with Crippen LogP contribution in [0.5, 0.6) is 0 Å². The Kier molecular flexibility index (Phi) is 5.29. The van der Waals surface area contributed by atoms with Gasteiger partial charge in [0.1, 0.15) is 0 Å². The van der Waals surface area contributed by atoms with Crippen molar-refractivity contribution in [3.8, 4) is 11.4 Å². The highest BCUT2D eigenvalue weighted by molar-refractivity contribution is 7.26. The van der Waals surface area contributed by atoms with E-state index in [1.165, 1.54) is 106 Å². The largest absolute Gasteiger partial charge is 0.309 e. The molecule has 0 aliphatic rings. The van der Waals surface area contributed by atoms with Crippen molar-refractivity contribution in [2.75, 3.05) is 0 Å². The second-order valence-corrected chi connectivity index (χ2v) is 15.4. The predicted molar refractivity (Wildman–Crippen MR) is 218 cm³/mol. The lowest BCUT2D eigenvalue weighted by Gasteiger charge is -2.16. The van der Waals surface area contributed by atoms with Crippen molar-refractivity contribution in [2.45, 2.75) is 0 Å². The molecule has 4 aromatic heterocycles. The van der Waals surface area contributed by atoms with E-state index >= 15 is 0 Å². The average molecular weight is 671 g/mol. The Morgan fingerprint density at radius 3 is 1.10 bits per heavy atom. The van der Waals surface area contributed by atoms with Gasteiger partial charge in [0.2, 0.25) is 0 Å². The van der Waals surface area contributed by atoms with Crippen molar-refractivity contribution in [1.82, 2.24) is 9.13 Å². The fourth-order valence-electron chi connectivity index (χ4n) is 8.73. The van der Waals surface area contributed by atoms with Gasteiger partial charge in [-0.2, -0.15) is 0 Å². The first kappa shape index (κ1) is 26.9. The lowest BCUT2D eigenvalue weighted by molar-refractivity contribution is 1.17. The minimum atomic E-state index is 1.20. The molecule has 0 aliphatic carbocycles. The zero-order chi connectivity index (χ0) is 32.5. The zero-order valence-corrected chi connectivity index (χ0v) is 28.4. The van der Waals surface area contributed by atoms with Crippen LogP contribution in [0.4, 0.5) is 0 Å². The molecule has 12 rings (SSSR count). The van der Waals surface area contributed by atoms with Crippen LogP contribution >= 0.6 is 22.7 Å². The third-order valence-electron chi connectivity index (χ3n) is 10.7. The van der Waals surface area contributed by atoms with Crippen molar-refractivity contribution in [3.63, 3.8) is 0 Å². The molecule has 8 aromatic carbocycles. The summed E-state index contributed by atoms with van der Waals surface area (Å²) in [5.74, 6) is 0. The molecule has 0 unspecified atom stereocenters. The fraction of sp³-hybridized carbons (Fsp3) is 0. The van der Waals surface area contributed by atoms with Crippen molar-refractivity contribution in [1.29, 1.82) is 0 Å². The topological polar surface area (TPSA) is 9.86 Å². The van der Waals surface area contributed by atoms with Crippen LogP contribution in [0.2, 0.25) is 0 Å². The first-order valence-electron chi connectivity index (χ1n) is 17.0. The quantitative estimate of drug-likeness (QED) is 0.173. The molecular weight excluding hydrogens is 645 g/mol. The number of aromatic nitrogens is 2. The Morgan fingerprint density at radius 2 is 0.640 bits per heavy atom. The Labute approximate surface area is 294 Å². The first-order chi connectivity index (χ1) is 24.8. The van der Waals surface area contributed by atoms with E-state index in [1.807, 2.05) is 22.7 Å². The molecule has 0 bridgehead atoms. The lowest BCUT2D eigenvalue weighted by atomic mass is 10.0. The number of benzene rings is 8. The summed E-state index contributed by atoms with van der Waals surface area (Å²) in [7, 11) is 0. The van der Waals surface area contributed by atoms with E-state index in [-0.39, 0.29) is 0 Å². The molecule has 0 aliphatic heterocycles. The molecule has 50 heavy (non-hydrogen) atoms. The van der Waals surface area contributed by atoms with Gasteiger partial charge in [-0.25, -0.2) is 0 Å². The Bertz CT molecular complexity index is 3160. The first-order valence-corrected chi connectivity index (χ1v) is 18.7. The SMILES string of the molecule is c1ccc2c(c1)sc1ccc3c(c4ccccc4n3-c3ccc(-n4c5ccccc5c5c6c(ccc54)sc4ccccc46)c4ccccc34)c12. The molecule has 12 aromatic rings. The van der Waals surface area contributed by atoms with Gasteiger partial charge in [0.15, 0.2) is 0 Å². The average Bonchev–Trinajstić information content (AvgIpc) is 3.92. The summed E-state index contributed by atoms with van der Waals surface area (Å²) in [6.07, 6.45) is 0. The predicted octanol–water partition coefficient (Wildman–Crippen LogP) is 13.8. The molecule has 0 spiro atoms. The molecule has 0 amide bonds. The van der Waals surface area contributed by atoms with E-state index in [4.69, 9.17) is 0 Å². The van der Waals surface area contributed by atoms with Crippen molar-refractivity contribution in [2.24, 2.45) is 0 Å². The highest BCUT2D eigenvalue weighted by Gasteiger charge is 2.22. The zero-order valence-electron chi connectivity index (χ0n) is 26.7. The monoisotopic (exact) mass is 670 g/mol. The van der Waals surface area contributed by atoms with Gasteiger partial charge < -0.3 is 9.13 Å². The highest BCUT2D eigenvalue weighted by Crippen LogP contribution is 2.46. The minimum Gasteiger partial charge on any atom is -0.309 e. The van der Waals surface area contributed by atoms with Gasteiger partial charge in [0, 0.05) is 72.7 Å². The maximum atomic E-state index is 2.50. The molecular formula is C46H26N2S2. The Balaban J connectivity index is 1.20. The van der Waals surface area contributed by atoms with Crippen LogP contribution in [0.15, 0.2) is 158 Å². The van der Waals surface area contributed by atoms with Gasteiger partial charge in [0.05, 0.1) is 33.4 Å². The highest BCUT2D eigenvalue weighted by atomic mass is 32.1. The normalized spacial score (nSPS) is 12.4. The summed E-state index contributed by atoms with van der Waals surface area (Å²) >= 11 is 3.77. The molecule has 0 fully saturated rings. The van der Waals surface area contributed by atoms with Crippen molar-refractivity contribution >= 4 is 117 Å². The third kappa shape index (κ3) is 3.42. The number of thiophene rings is 2. The second-order valence-electron chi connectivity index (χ2n) is 13.2. The molecule has 4 heterocycles. The fourth-order valence-corrected chi connectivity index (χ4v) is 11.0. The summed E-state index contributed by atoms with van der Waals surface area (Å²) < 4.78 is 10.3. The summed E-state index contributed by atoms with van der Waals surface area (Å²) in [5, 5.41) is 13.1. The van der Waals surface area contributed by atoms with Gasteiger partial charge in [-0.1, -0.05) is 97.1 Å². The number of fused-ring (bicyclic) bond motifs is 15. The maximum Gasteiger partial charge on any atom is 0.0548 e.